The first-order valence-corrected chi connectivity index (χ1v) is 5.80. The highest BCUT2D eigenvalue weighted by Crippen LogP contribution is 2.25. The Kier molecular flexibility index (Phi) is 3.92. The molecule has 5 nitrogen and oxygen atoms in total. The largest absolute Gasteiger partial charge is 0.453 e. The Hall–Kier alpha value is -2.45. The molecule has 0 fully saturated rings. The average molecular weight is 302 g/mol. The number of aromatic amines is 1. The third-order valence-corrected chi connectivity index (χ3v) is 2.57. The number of aromatic nitrogens is 3. The van der Waals surface area contributed by atoms with Crippen LogP contribution >= 0.6 is 0 Å². The molecule has 2 aromatic rings. The molecule has 2 N–H and O–H groups in total. The minimum Gasteiger partial charge on any atom is -0.345 e. The summed E-state index contributed by atoms with van der Waals surface area (Å²) in [5.41, 5.74) is 0.492. The van der Waals surface area contributed by atoms with E-state index >= 15 is 0 Å². The molecular formula is C12H10F4N4O. The normalized spacial score (nSPS) is 11.5. The van der Waals surface area contributed by atoms with Crippen LogP contribution in [-0.2, 0) is 12.7 Å². The van der Waals surface area contributed by atoms with Crippen molar-refractivity contribution in [2.75, 3.05) is 0 Å². The van der Waals surface area contributed by atoms with E-state index in [1.807, 2.05) is 0 Å². The maximum absolute atomic E-state index is 13.5. The molecule has 0 atom stereocenters. The van der Waals surface area contributed by atoms with Gasteiger partial charge in [0.2, 0.25) is 0 Å². The number of carbonyl (C=O) groups excluding carboxylic acids is 1. The Morgan fingerprint density at radius 2 is 2.10 bits per heavy atom. The van der Waals surface area contributed by atoms with Crippen LogP contribution in [0.1, 0.15) is 27.6 Å². The van der Waals surface area contributed by atoms with Gasteiger partial charge in [-0.25, -0.2) is 9.37 Å². The van der Waals surface area contributed by atoms with Crippen molar-refractivity contribution in [3.63, 3.8) is 0 Å². The minimum absolute atomic E-state index is 0.177. The fourth-order valence-corrected chi connectivity index (χ4v) is 1.57. The molecule has 0 saturated heterocycles. The predicted molar refractivity (Wildman–Crippen MR) is 63.7 cm³/mol. The van der Waals surface area contributed by atoms with E-state index in [2.05, 4.69) is 20.5 Å². The Morgan fingerprint density at radius 3 is 2.71 bits per heavy atom. The van der Waals surface area contributed by atoms with Crippen LogP contribution in [-0.4, -0.2) is 21.1 Å². The number of halogens is 4. The standard InChI is InChI=1S/C12H10F4N4O/c1-6-2-3-8(13)7(4-6)10(21)17-5-9-18-11(20-19-9)12(14,15)16/h2-4H,5H2,1H3,(H,17,21)(H,18,19,20). The van der Waals surface area contributed by atoms with Crippen molar-refractivity contribution in [3.05, 3.63) is 46.8 Å². The molecule has 0 bridgehead atoms. The smallest absolute Gasteiger partial charge is 0.345 e. The van der Waals surface area contributed by atoms with E-state index in [0.717, 1.165) is 6.07 Å². The number of aryl methyl sites for hydroxylation is 1. The Labute approximate surface area is 116 Å². The van der Waals surface area contributed by atoms with Crippen molar-refractivity contribution in [2.24, 2.45) is 0 Å². The first-order valence-electron chi connectivity index (χ1n) is 5.80. The maximum Gasteiger partial charge on any atom is 0.453 e. The summed E-state index contributed by atoms with van der Waals surface area (Å²) >= 11 is 0. The number of hydrogen-bond acceptors (Lipinski definition) is 3. The Morgan fingerprint density at radius 1 is 1.38 bits per heavy atom. The predicted octanol–water partition coefficient (Wildman–Crippen LogP) is 2.20. The fourth-order valence-electron chi connectivity index (χ4n) is 1.57. The van der Waals surface area contributed by atoms with Crippen LogP contribution < -0.4 is 5.32 Å². The van der Waals surface area contributed by atoms with Gasteiger partial charge >= 0.3 is 6.18 Å². The van der Waals surface area contributed by atoms with E-state index < -0.39 is 23.7 Å². The number of hydrogen-bond donors (Lipinski definition) is 2. The van der Waals surface area contributed by atoms with Crippen molar-refractivity contribution >= 4 is 5.91 Å². The van der Waals surface area contributed by atoms with E-state index in [-0.39, 0.29) is 17.9 Å². The van der Waals surface area contributed by atoms with Crippen LogP contribution in [0.3, 0.4) is 0 Å². The summed E-state index contributed by atoms with van der Waals surface area (Å²) < 4.78 is 50.3. The van der Waals surface area contributed by atoms with Gasteiger partial charge in [0.15, 0.2) is 0 Å². The van der Waals surface area contributed by atoms with Gasteiger partial charge in [0.05, 0.1) is 12.1 Å². The van der Waals surface area contributed by atoms with E-state index in [1.165, 1.54) is 12.1 Å². The molecule has 0 spiro atoms. The molecule has 0 aliphatic carbocycles. The first kappa shape index (κ1) is 14.9. The van der Waals surface area contributed by atoms with Crippen molar-refractivity contribution in [2.45, 2.75) is 19.6 Å². The molecule has 0 aliphatic rings. The van der Waals surface area contributed by atoms with Crippen molar-refractivity contribution in [1.82, 2.24) is 20.5 Å². The molecule has 1 amide bonds. The molecular weight excluding hydrogens is 292 g/mol. The number of nitrogens with one attached hydrogen (secondary N) is 2. The molecule has 21 heavy (non-hydrogen) atoms. The molecule has 112 valence electrons. The highest BCUT2D eigenvalue weighted by atomic mass is 19.4. The number of rotatable bonds is 3. The number of benzene rings is 1. The average Bonchev–Trinajstić information content (AvgIpc) is 2.87. The summed E-state index contributed by atoms with van der Waals surface area (Å²) in [6.45, 7) is 1.36. The van der Waals surface area contributed by atoms with Gasteiger partial charge < -0.3 is 5.32 Å². The third kappa shape index (κ3) is 3.56. The van der Waals surface area contributed by atoms with Gasteiger partial charge in [-0.1, -0.05) is 11.6 Å². The molecule has 2 rings (SSSR count). The van der Waals surface area contributed by atoms with E-state index in [4.69, 9.17) is 0 Å². The van der Waals surface area contributed by atoms with Gasteiger partial charge in [-0.2, -0.15) is 13.2 Å². The molecule has 1 aromatic carbocycles. The summed E-state index contributed by atoms with van der Waals surface area (Å²) in [7, 11) is 0. The minimum atomic E-state index is -4.67. The zero-order valence-electron chi connectivity index (χ0n) is 10.8. The summed E-state index contributed by atoms with van der Waals surface area (Å²) in [5, 5.41) is 7.31. The van der Waals surface area contributed by atoms with Gasteiger partial charge in [0.1, 0.15) is 11.6 Å². The van der Waals surface area contributed by atoms with Gasteiger partial charge in [-0.3, -0.25) is 9.89 Å². The summed E-state index contributed by atoms with van der Waals surface area (Å²) in [6.07, 6.45) is -4.67. The number of amides is 1. The maximum atomic E-state index is 13.5. The van der Waals surface area contributed by atoms with Crippen molar-refractivity contribution < 1.29 is 22.4 Å². The molecule has 9 heteroatoms. The second kappa shape index (κ2) is 5.51. The fraction of sp³-hybridized carbons (Fsp3) is 0.250. The molecule has 1 aromatic heterocycles. The van der Waals surface area contributed by atoms with Crippen LogP contribution in [0, 0.1) is 12.7 Å². The van der Waals surface area contributed by atoms with Gasteiger partial charge in [-0.05, 0) is 19.1 Å². The summed E-state index contributed by atoms with van der Waals surface area (Å²) in [6, 6.07) is 3.98. The highest BCUT2D eigenvalue weighted by Gasteiger charge is 2.36. The van der Waals surface area contributed by atoms with Gasteiger partial charge in [-0.15, -0.1) is 5.10 Å². The zero-order valence-corrected chi connectivity index (χ0v) is 10.8. The number of nitrogens with zero attached hydrogens (tertiary/aromatic N) is 2. The van der Waals surface area contributed by atoms with Gasteiger partial charge in [0.25, 0.3) is 11.7 Å². The van der Waals surface area contributed by atoms with Crippen LogP contribution in [0.25, 0.3) is 0 Å². The zero-order chi connectivity index (χ0) is 15.6. The second-order valence-corrected chi connectivity index (χ2v) is 4.27. The number of H-pyrrole nitrogens is 1. The lowest BCUT2D eigenvalue weighted by Gasteiger charge is -2.05. The SMILES string of the molecule is Cc1ccc(F)c(C(=O)NCc2nc(C(F)(F)F)n[nH]2)c1. The quantitative estimate of drug-likeness (QED) is 0.854. The van der Waals surface area contributed by atoms with E-state index in [1.54, 1.807) is 6.92 Å². The van der Waals surface area contributed by atoms with Crippen LogP contribution in [0.15, 0.2) is 18.2 Å². The van der Waals surface area contributed by atoms with Crippen LogP contribution in [0.4, 0.5) is 17.6 Å². The lowest BCUT2D eigenvalue weighted by atomic mass is 10.1. The summed E-state index contributed by atoms with van der Waals surface area (Å²) in [4.78, 5) is 14.9. The first-order chi connectivity index (χ1) is 9.77. The Bertz CT molecular complexity index is 666. The van der Waals surface area contributed by atoms with E-state index in [0.29, 0.717) is 5.56 Å². The van der Waals surface area contributed by atoms with Crippen molar-refractivity contribution in [1.29, 1.82) is 0 Å². The number of carbonyl (C=O) groups is 1. The molecule has 0 saturated carbocycles. The molecule has 0 aliphatic heterocycles. The Balaban J connectivity index is 2.04. The molecule has 1 heterocycles. The van der Waals surface area contributed by atoms with E-state index in [9.17, 15) is 22.4 Å². The second-order valence-electron chi connectivity index (χ2n) is 4.27. The molecule has 0 unspecified atom stereocenters. The third-order valence-electron chi connectivity index (χ3n) is 2.57. The lowest BCUT2D eigenvalue weighted by molar-refractivity contribution is -0.144. The lowest BCUT2D eigenvalue weighted by Crippen LogP contribution is -2.24. The summed E-state index contributed by atoms with van der Waals surface area (Å²) in [5.74, 6) is -2.97. The van der Waals surface area contributed by atoms with Crippen molar-refractivity contribution in [3.8, 4) is 0 Å². The van der Waals surface area contributed by atoms with Gasteiger partial charge in [0, 0.05) is 0 Å². The topological polar surface area (TPSA) is 70.7 Å². The van der Waals surface area contributed by atoms with Crippen LogP contribution in [0.2, 0.25) is 0 Å². The highest BCUT2D eigenvalue weighted by molar-refractivity contribution is 5.94. The van der Waals surface area contributed by atoms with Crippen LogP contribution in [0.5, 0.6) is 0 Å². The molecule has 0 radical (unpaired) electrons. The monoisotopic (exact) mass is 302 g/mol. The number of alkyl halides is 3.